The van der Waals surface area contributed by atoms with Gasteiger partial charge in [-0.1, -0.05) is 53.0 Å². The molecule has 0 fully saturated rings. The Balaban J connectivity index is 1.78. The number of rotatable bonds is 5. The number of carbonyl (C=O) groups is 1. The minimum Gasteiger partial charge on any atom is -0.461 e. The summed E-state index contributed by atoms with van der Waals surface area (Å²) < 4.78 is 8.52. The fourth-order valence-electron chi connectivity index (χ4n) is 1.54. The molecule has 0 aliphatic heterocycles. The van der Waals surface area contributed by atoms with Crippen LogP contribution in [-0.2, 0) is 16.1 Å². The second kappa shape index (κ2) is 7.21. The van der Waals surface area contributed by atoms with Crippen LogP contribution in [0.5, 0.6) is 0 Å². The Morgan fingerprint density at radius 1 is 1.21 bits per heavy atom. The van der Waals surface area contributed by atoms with Gasteiger partial charge in [-0.2, -0.15) is 0 Å². The van der Waals surface area contributed by atoms with Crippen LogP contribution in [0.15, 0.2) is 41.1 Å². The Bertz CT molecular complexity index is 570. The van der Waals surface area contributed by atoms with E-state index in [4.69, 9.17) is 4.74 Å². The highest BCUT2D eigenvalue weighted by atomic mass is 32.2. The first kappa shape index (κ1) is 14.0. The third kappa shape index (κ3) is 4.61. The van der Waals surface area contributed by atoms with Crippen molar-refractivity contribution in [2.75, 3.05) is 13.6 Å². The number of hydrogen-bond acceptors (Lipinski definition) is 4. The highest BCUT2D eigenvalue weighted by Gasteiger charge is 2.08. The van der Waals surface area contributed by atoms with Gasteiger partial charge in [-0.05, 0) is 5.56 Å². The Morgan fingerprint density at radius 3 is 2.58 bits per heavy atom. The minimum absolute atomic E-state index is 0.155. The van der Waals surface area contributed by atoms with Crippen molar-refractivity contribution >= 4 is 28.6 Å². The molecular weight excluding hydrogens is 278 g/mol. The molecule has 0 atom stereocenters. The molecule has 0 spiro atoms. The maximum atomic E-state index is 11.6. The van der Waals surface area contributed by atoms with Crippen molar-refractivity contribution in [1.29, 1.82) is 0 Å². The maximum Gasteiger partial charge on any atom is 0.313 e. The molecule has 1 heterocycles. The molecule has 3 nitrogen and oxygen atoms in total. The molecule has 0 unspecified atom stereocenters. The van der Waals surface area contributed by atoms with Crippen LogP contribution in [-0.4, -0.2) is 19.6 Å². The first-order chi connectivity index (χ1) is 9.25. The van der Waals surface area contributed by atoms with E-state index in [2.05, 4.69) is 4.58 Å². The first-order valence-electron chi connectivity index (χ1n) is 6.01. The zero-order valence-electron chi connectivity index (χ0n) is 10.7. The molecule has 19 heavy (non-hydrogen) atoms. The maximum absolute atomic E-state index is 11.6. The minimum atomic E-state index is -0.155. The molecule has 100 valence electrons. The summed E-state index contributed by atoms with van der Waals surface area (Å²) >= 11 is 3.37. The van der Waals surface area contributed by atoms with E-state index in [9.17, 15) is 4.79 Å². The summed E-state index contributed by atoms with van der Waals surface area (Å²) in [5.41, 5.74) is 1.02. The van der Waals surface area contributed by atoms with Gasteiger partial charge in [0.15, 0.2) is 6.54 Å². The smallest absolute Gasteiger partial charge is 0.313 e. The molecule has 0 aliphatic rings. The van der Waals surface area contributed by atoms with Gasteiger partial charge in [-0.15, -0.1) is 0 Å². The molecule has 0 saturated heterocycles. The van der Waals surface area contributed by atoms with E-state index in [1.54, 1.807) is 22.7 Å². The lowest BCUT2D eigenvalue weighted by Gasteiger charge is -2.03. The molecule has 0 N–H and O–H groups in total. The molecular formula is C14H16NO2S2+. The lowest BCUT2D eigenvalue weighted by Crippen LogP contribution is -2.24. The second-order valence-electron chi connectivity index (χ2n) is 4.09. The number of carbonyl (C=O) groups excluding carboxylic acids is 1. The zero-order valence-corrected chi connectivity index (χ0v) is 12.4. The van der Waals surface area contributed by atoms with Gasteiger partial charge in [-0.3, -0.25) is 4.79 Å². The normalized spacial score (nSPS) is 10.2. The van der Waals surface area contributed by atoms with E-state index < -0.39 is 0 Å². The zero-order chi connectivity index (χ0) is 13.5. The van der Waals surface area contributed by atoms with Gasteiger partial charge >= 0.3 is 9.95 Å². The number of hydrogen-bond donors (Lipinski definition) is 0. The summed E-state index contributed by atoms with van der Waals surface area (Å²) in [4.78, 5) is 11.6. The Morgan fingerprint density at radius 2 is 1.89 bits per heavy atom. The average Bonchev–Trinajstić information content (AvgIpc) is 2.98. The Labute approximate surface area is 120 Å². The summed E-state index contributed by atoms with van der Waals surface area (Å²) in [5.74, 6) is -0.155. The van der Waals surface area contributed by atoms with Gasteiger partial charge in [0.2, 0.25) is 0 Å². The van der Waals surface area contributed by atoms with E-state index in [1.807, 2.05) is 48.1 Å². The van der Waals surface area contributed by atoms with Crippen molar-refractivity contribution in [3.8, 4) is 0 Å². The molecule has 0 saturated carbocycles. The predicted molar refractivity (Wildman–Crippen MR) is 79.1 cm³/mol. The van der Waals surface area contributed by atoms with Gasteiger partial charge in [0, 0.05) is 10.8 Å². The third-order valence-electron chi connectivity index (χ3n) is 2.60. The fourth-order valence-corrected chi connectivity index (χ4v) is 3.32. The number of benzene rings is 1. The summed E-state index contributed by atoms with van der Waals surface area (Å²) in [6.07, 6.45) is 0.411. The highest BCUT2D eigenvalue weighted by Crippen LogP contribution is 2.01. The van der Waals surface area contributed by atoms with E-state index in [1.165, 1.54) is 3.98 Å². The van der Waals surface area contributed by atoms with Gasteiger partial charge in [0.25, 0.3) is 0 Å². The molecule has 0 bridgehead atoms. The van der Waals surface area contributed by atoms with Crippen LogP contribution in [0.1, 0.15) is 12.0 Å². The third-order valence-corrected chi connectivity index (χ3v) is 4.92. The fraction of sp³-hybridized carbons (Fsp3) is 0.286. The van der Waals surface area contributed by atoms with Crippen LogP contribution >= 0.6 is 22.7 Å². The predicted octanol–water partition coefficient (Wildman–Crippen LogP) is 2.35. The average molecular weight is 294 g/mol. The van der Waals surface area contributed by atoms with E-state index in [-0.39, 0.29) is 5.97 Å². The quantitative estimate of drug-likeness (QED) is 0.626. The summed E-state index contributed by atoms with van der Waals surface area (Å²) in [5, 5.41) is 4.09. The molecule has 0 radical (unpaired) electrons. The molecule has 2 rings (SSSR count). The van der Waals surface area contributed by atoms with Gasteiger partial charge in [0.05, 0.1) is 0 Å². The van der Waals surface area contributed by atoms with Crippen LogP contribution in [0.2, 0.25) is 0 Å². The Hall–Kier alpha value is -1.46. The van der Waals surface area contributed by atoms with Crippen LogP contribution in [0.3, 0.4) is 0 Å². The van der Waals surface area contributed by atoms with Gasteiger partial charge in [0.1, 0.15) is 20.1 Å². The summed E-state index contributed by atoms with van der Waals surface area (Å²) in [6, 6.07) is 9.73. The first-order valence-corrected chi connectivity index (χ1v) is 7.77. The van der Waals surface area contributed by atoms with E-state index in [0.717, 1.165) is 5.56 Å². The molecule has 1 aromatic carbocycles. The SMILES string of the molecule is C[N+](CCC(=O)OCc1ccccc1)=c1sccs1. The standard InChI is InChI=1S/C14H16NO2S2/c1-15(14-18-9-10-19-14)8-7-13(16)17-11-12-5-3-2-4-6-12/h2-6,9-10H,7-8,11H2,1H3/q+1. The highest BCUT2D eigenvalue weighted by molar-refractivity contribution is 7.24. The second-order valence-corrected chi connectivity index (χ2v) is 6.14. The number of nitrogens with zero attached hydrogens (tertiary/aromatic N) is 1. The molecule has 0 aliphatic carbocycles. The van der Waals surface area contributed by atoms with Crippen LogP contribution in [0.25, 0.3) is 0 Å². The lowest BCUT2D eigenvalue weighted by molar-refractivity contribution is -0.144. The van der Waals surface area contributed by atoms with Crippen molar-refractivity contribution in [3.05, 3.63) is 50.6 Å². The summed E-state index contributed by atoms with van der Waals surface area (Å²) in [6.45, 7) is 1.04. The monoisotopic (exact) mass is 294 g/mol. The van der Waals surface area contributed by atoms with E-state index >= 15 is 0 Å². The van der Waals surface area contributed by atoms with Crippen molar-refractivity contribution in [2.24, 2.45) is 0 Å². The van der Waals surface area contributed by atoms with Crippen molar-refractivity contribution in [3.63, 3.8) is 0 Å². The summed E-state index contributed by atoms with van der Waals surface area (Å²) in [7, 11) is 1.99. The van der Waals surface area contributed by atoms with Crippen molar-refractivity contribution in [1.82, 2.24) is 4.58 Å². The van der Waals surface area contributed by atoms with Gasteiger partial charge < -0.3 is 4.74 Å². The molecule has 1 aromatic heterocycles. The number of esters is 1. The Kier molecular flexibility index (Phi) is 5.30. The number of ether oxygens (including phenoxy) is 1. The van der Waals surface area contributed by atoms with Crippen molar-refractivity contribution in [2.45, 2.75) is 13.0 Å². The largest absolute Gasteiger partial charge is 0.461 e. The van der Waals surface area contributed by atoms with E-state index in [0.29, 0.717) is 19.6 Å². The molecule has 2 aromatic rings. The topological polar surface area (TPSA) is 29.3 Å². The van der Waals surface area contributed by atoms with Crippen LogP contribution in [0.4, 0.5) is 0 Å². The lowest BCUT2D eigenvalue weighted by atomic mass is 10.2. The van der Waals surface area contributed by atoms with Crippen LogP contribution < -0.4 is 8.56 Å². The molecule has 5 heteroatoms. The van der Waals surface area contributed by atoms with Gasteiger partial charge in [-0.25, -0.2) is 4.58 Å². The molecule has 0 amide bonds. The van der Waals surface area contributed by atoms with Crippen molar-refractivity contribution < 1.29 is 9.53 Å². The van der Waals surface area contributed by atoms with Crippen LogP contribution in [0, 0.1) is 0 Å².